The van der Waals surface area contributed by atoms with E-state index in [1.165, 1.54) is 19.3 Å². The maximum absolute atomic E-state index is 10.5. The highest BCUT2D eigenvalue weighted by Gasteiger charge is 2.82. The highest BCUT2D eigenvalue weighted by atomic mass is 16.3. The van der Waals surface area contributed by atoms with Gasteiger partial charge in [-0.05, 0) is 60.7 Å². The molecule has 8 unspecified atom stereocenters. The van der Waals surface area contributed by atoms with Gasteiger partial charge in [0.05, 0.1) is 5.60 Å². The molecule has 64 valence electrons. The van der Waals surface area contributed by atoms with Crippen molar-refractivity contribution in [3.05, 3.63) is 0 Å². The van der Waals surface area contributed by atoms with Gasteiger partial charge in [0.2, 0.25) is 0 Å². The van der Waals surface area contributed by atoms with Crippen molar-refractivity contribution in [1.82, 2.24) is 0 Å². The molecule has 1 nitrogen and oxygen atoms in total. The van der Waals surface area contributed by atoms with Crippen molar-refractivity contribution in [2.45, 2.75) is 24.9 Å². The van der Waals surface area contributed by atoms with E-state index in [2.05, 4.69) is 0 Å². The minimum absolute atomic E-state index is 0.127. The highest BCUT2D eigenvalue weighted by molar-refractivity contribution is 5.31. The van der Waals surface area contributed by atoms with Crippen LogP contribution < -0.4 is 0 Å². The predicted octanol–water partition coefficient (Wildman–Crippen LogP) is 1.27. The second-order valence-corrected chi connectivity index (χ2v) is 6.03. The maximum atomic E-state index is 10.5. The molecule has 12 heavy (non-hydrogen) atoms. The molecule has 6 aliphatic carbocycles. The molecule has 0 spiro atoms. The van der Waals surface area contributed by atoms with Crippen molar-refractivity contribution in [2.75, 3.05) is 0 Å². The van der Waals surface area contributed by atoms with Gasteiger partial charge in [-0.15, -0.1) is 0 Å². The van der Waals surface area contributed by atoms with Crippen LogP contribution in [0.25, 0.3) is 0 Å². The van der Waals surface area contributed by atoms with Crippen LogP contribution in [-0.4, -0.2) is 10.7 Å². The summed E-state index contributed by atoms with van der Waals surface area (Å²) in [5, 5.41) is 10.5. The molecule has 6 fully saturated rings. The molecule has 8 atom stereocenters. The Hall–Kier alpha value is -0.0400. The quantitative estimate of drug-likeness (QED) is 0.568. The van der Waals surface area contributed by atoms with Crippen LogP contribution in [-0.2, 0) is 0 Å². The lowest BCUT2D eigenvalue weighted by atomic mass is 9.69. The number of rotatable bonds is 0. The third-order valence-electron chi connectivity index (χ3n) is 6.33. The standard InChI is InChI=1S/C11H14O/c12-11-3-7-5-1-4-6(10(5)11)2-8(11)9(4)7/h4-10,12H,1-3H2. The van der Waals surface area contributed by atoms with Crippen LogP contribution in [0.15, 0.2) is 0 Å². The first kappa shape index (κ1) is 5.64. The summed E-state index contributed by atoms with van der Waals surface area (Å²) in [4.78, 5) is 0. The van der Waals surface area contributed by atoms with Gasteiger partial charge in [0.25, 0.3) is 0 Å². The summed E-state index contributed by atoms with van der Waals surface area (Å²) in [6.07, 6.45) is 4.11. The van der Waals surface area contributed by atoms with Gasteiger partial charge in [-0.2, -0.15) is 0 Å². The summed E-state index contributed by atoms with van der Waals surface area (Å²) in [5.74, 6) is 6.56. The van der Waals surface area contributed by atoms with Crippen molar-refractivity contribution >= 4 is 0 Å². The van der Waals surface area contributed by atoms with Crippen LogP contribution in [0, 0.1) is 41.4 Å². The first-order chi connectivity index (χ1) is 5.81. The summed E-state index contributed by atoms with van der Waals surface area (Å²) in [6, 6.07) is 0. The van der Waals surface area contributed by atoms with Gasteiger partial charge in [-0.25, -0.2) is 0 Å². The summed E-state index contributed by atoms with van der Waals surface area (Å²) in [7, 11) is 0. The Balaban J connectivity index is 1.93. The summed E-state index contributed by atoms with van der Waals surface area (Å²) >= 11 is 0. The van der Waals surface area contributed by atoms with Crippen molar-refractivity contribution in [3.8, 4) is 0 Å². The summed E-state index contributed by atoms with van der Waals surface area (Å²) in [5.41, 5.74) is -0.127. The van der Waals surface area contributed by atoms with Crippen molar-refractivity contribution in [2.24, 2.45) is 41.4 Å². The first-order valence-electron chi connectivity index (χ1n) is 5.53. The topological polar surface area (TPSA) is 20.2 Å². The fourth-order valence-corrected chi connectivity index (χ4v) is 6.55. The van der Waals surface area contributed by atoms with Gasteiger partial charge < -0.3 is 5.11 Å². The van der Waals surface area contributed by atoms with Crippen molar-refractivity contribution < 1.29 is 5.11 Å². The maximum Gasteiger partial charge on any atom is 0.0715 e. The fourth-order valence-electron chi connectivity index (χ4n) is 6.55. The molecule has 1 N–H and O–H groups in total. The van der Waals surface area contributed by atoms with Crippen LogP contribution in [0.3, 0.4) is 0 Å². The third-order valence-corrected chi connectivity index (χ3v) is 6.33. The normalized spacial score (nSPS) is 85.2. The van der Waals surface area contributed by atoms with E-state index in [9.17, 15) is 5.11 Å². The molecule has 0 aromatic heterocycles. The number of hydrogen-bond donors (Lipinski definition) is 1. The van der Waals surface area contributed by atoms with E-state index in [1.54, 1.807) is 0 Å². The van der Waals surface area contributed by atoms with Gasteiger partial charge in [0.15, 0.2) is 0 Å². The van der Waals surface area contributed by atoms with E-state index in [1.807, 2.05) is 0 Å². The van der Waals surface area contributed by atoms with Crippen LogP contribution in [0.5, 0.6) is 0 Å². The Morgan fingerprint density at radius 3 is 2.67 bits per heavy atom. The molecule has 1 heteroatoms. The Morgan fingerprint density at radius 1 is 1.00 bits per heavy atom. The van der Waals surface area contributed by atoms with E-state index in [0.29, 0.717) is 0 Å². The average molecular weight is 162 g/mol. The van der Waals surface area contributed by atoms with E-state index in [-0.39, 0.29) is 5.60 Å². The van der Waals surface area contributed by atoms with Crippen LogP contribution >= 0.6 is 0 Å². The zero-order valence-electron chi connectivity index (χ0n) is 7.11. The van der Waals surface area contributed by atoms with Crippen molar-refractivity contribution in [1.29, 1.82) is 0 Å². The van der Waals surface area contributed by atoms with Gasteiger partial charge in [0.1, 0.15) is 0 Å². The lowest BCUT2D eigenvalue weighted by molar-refractivity contribution is -0.0539. The largest absolute Gasteiger partial charge is 0.389 e. The van der Waals surface area contributed by atoms with Crippen LogP contribution in [0.2, 0.25) is 0 Å². The Kier molecular flexibility index (Phi) is 0.569. The molecular formula is C11H14O. The first-order valence-corrected chi connectivity index (χ1v) is 5.53. The molecule has 6 aliphatic rings. The van der Waals surface area contributed by atoms with E-state index >= 15 is 0 Å². The van der Waals surface area contributed by atoms with E-state index in [4.69, 9.17) is 0 Å². The molecule has 0 heterocycles. The molecule has 0 amide bonds. The smallest absolute Gasteiger partial charge is 0.0715 e. The van der Waals surface area contributed by atoms with Crippen molar-refractivity contribution in [3.63, 3.8) is 0 Å². The van der Waals surface area contributed by atoms with E-state index in [0.717, 1.165) is 41.4 Å². The zero-order chi connectivity index (χ0) is 7.66. The molecule has 0 aromatic carbocycles. The molecule has 6 bridgehead atoms. The molecular weight excluding hydrogens is 148 g/mol. The lowest BCUT2D eigenvalue weighted by Gasteiger charge is -2.39. The molecule has 6 rings (SSSR count). The SMILES string of the molecule is OC12CC3C4CC5C(CC1C35)C42. The van der Waals surface area contributed by atoms with Crippen LogP contribution in [0.1, 0.15) is 19.3 Å². The summed E-state index contributed by atoms with van der Waals surface area (Å²) in [6.45, 7) is 0. The van der Waals surface area contributed by atoms with E-state index < -0.39 is 0 Å². The predicted molar refractivity (Wildman–Crippen MR) is 43.2 cm³/mol. The minimum Gasteiger partial charge on any atom is -0.389 e. The zero-order valence-corrected chi connectivity index (χ0v) is 7.11. The lowest BCUT2D eigenvalue weighted by Crippen LogP contribution is -2.43. The molecule has 6 saturated carbocycles. The van der Waals surface area contributed by atoms with Crippen LogP contribution in [0.4, 0.5) is 0 Å². The molecule has 0 saturated heterocycles. The van der Waals surface area contributed by atoms with Gasteiger partial charge in [0, 0.05) is 0 Å². The fraction of sp³-hybridized carbons (Fsp3) is 1.00. The monoisotopic (exact) mass is 162 g/mol. The number of hydrogen-bond acceptors (Lipinski definition) is 1. The molecule has 0 aliphatic heterocycles. The third kappa shape index (κ3) is 0.285. The highest BCUT2D eigenvalue weighted by Crippen LogP contribution is 2.83. The Bertz CT molecular complexity index is 297. The second kappa shape index (κ2) is 1.21. The van der Waals surface area contributed by atoms with Gasteiger partial charge in [-0.3, -0.25) is 0 Å². The summed E-state index contributed by atoms with van der Waals surface area (Å²) < 4.78 is 0. The minimum atomic E-state index is -0.127. The Morgan fingerprint density at radius 2 is 1.83 bits per heavy atom. The van der Waals surface area contributed by atoms with Gasteiger partial charge in [-0.1, -0.05) is 0 Å². The number of aliphatic hydroxyl groups is 1. The van der Waals surface area contributed by atoms with Gasteiger partial charge >= 0.3 is 0 Å². The molecule has 0 radical (unpaired) electrons. The second-order valence-electron chi connectivity index (χ2n) is 6.03. The Labute approximate surface area is 72.2 Å². The molecule has 0 aromatic rings. The average Bonchev–Trinajstić information content (AvgIpc) is 2.55.